The lowest BCUT2D eigenvalue weighted by molar-refractivity contribution is -0.189. The molecule has 1 amide bonds. The molecule has 23 heavy (non-hydrogen) atoms. The first kappa shape index (κ1) is 17.3. The number of aromatic amines is 1. The van der Waals surface area contributed by atoms with Crippen molar-refractivity contribution in [1.29, 1.82) is 0 Å². The first-order chi connectivity index (χ1) is 10.8. The summed E-state index contributed by atoms with van der Waals surface area (Å²) in [5.74, 6) is -1.35. The smallest absolute Gasteiger partial charge is 0.405 e. The number of rotatable bonds is 4. The summed E-state index contributed by atoms with van der Waals surface area (Å²) in [6, 6.07) is -0.0312. The number of nitrogens with one attached hydrogen (secondary N) is 2. The average molecular weight is 335 g/mol. The van der Waals surface area contributed by atoms with E-state index in [2.05, 4.69) is 10.3 Å². The number of ether oxygens (including phenoxy) is 1. The topological polar surface area (TPSA) is 94.7 Å². The summed E-state index contributed by atoms with van der Waals surface area (Å²) in [6.07, 6.45) is -4.52. The zero-order valence-electron chi connectivity index (χ0n) is 12.0. The third-order valence-corrected chi connectivity index (χ3v) is 3.39. The van der Waals surface area contributed by atoms with Gasteiger partial charge in [0.25, 0.3) is 11.5 Å². The lowest BCUT2D eigenvalue weighted by Gasteiger charge is -2.35. The average Bonchev–Trinajstić information content (AvgIpc) is 2.46. The molecule has 7 nitrogen and oxygen atoms in total. The minimum absolute atomic E-state index is 0.114. The molecule has 0 aromatic carbocycles. The molecule has 2 rings (SSSR count). The number of nitrogens with zero attached hydrogens (tertiary/aromatic N) is 1. The van der Waals surface area contributed by atoms with Gasteiger partial charge in [0.1, 0.15) is 17.5 Å². The van der Waals surface area contributed by atoms with Crippen molar-refractivity contribution in [2.45, 2.75) is 12.2 Å². The van der Waals surface area contributed by atoms with Crippen LogP contribution in [-0.2, 0) is 4.74 Å². The van der Waals surface area contributed by atoms with Crippen LogP contribution in [0.3, 0.4) is 0 Å². The van der Waals surface area contributed by atoms with Gasteiger partial charge in [0.2, 0.25) is 0 Å². The van der Waals surface area contributed by atoms with Crippen molar-refractivity contribution in [3.05, 3.63) is 28.2 Å². The summed E-state index contributed by atoms with van der Waals surface area (Å²) in [6.45, 7) is -0.0488. The van der Waals surface area contributed by atoms with Crippen LogP contribution < -0.4 is 10.9 Å². The highest BCUT2D eigenvalue weighted by Crippen LogP contribution is 2.25. The lowest BCUT2D eigenvalue weighted by Crippen LogP contribution is -2.55. The fourth-order valence-electron chi connectivity index (χ4n) is 2.28. The second kappa shape index (κ2) is 7.01. The van der Waals surface area contributed by atoms with Gasteiger partial charge in [0.05, 0.1) is 13.2 Å². The van der Waals surface area contributed by atoms with E-state index in [0.717, 1.165) is 12.1 Å². The number of hydrogen-bond donors (Lipinski definition) is 3. The van der Waals surface area contributed by atoms with Crippen LogP contribution in [0, 0.1) is 0 Å². The summed E-state index contributed by atoms with van der Waals surface area (Å²) >= 11 is 0. The summed E-state index contributed by atoms with van der Waals surface area (Å²) < 4.78 is 44.5. The molecule has 128 valence electrons. The SMILES string of the molecule is O=C(NCC(N1CCOCC1)C(F)(F)F)c1cc(O)cc(=O)[nH]1. The molecule has 0 saturated carbocycles. The van der Waals surface area contributed by atoms with E-state index in [1.54, 1.807) is 0 Å². The number of carbonyl (C=O) groups excluding carboxylic acids is 1. The maximum absolute atomic E-state index is 13.2. The van der Waals surface area contributed by atoms with Crippen molar-refractivity contribution < 1.29 is 27.8 Å². The zero-order valence-corrected chi connectivity index (χ0v) is 12.0. The summed E-state index contributed by atoms with van der Waals surface area (Å²) in [4.78, 5) is 26.4. The molecule has 3 N–H and O–H groups in total. The molecule has 1 fully saturated rings. The van der Waals surface area contributed by atoms with Crippen molar-refractivity contribution in [2.75, 3.05) is 32.8 Å². The highest BCUT2D eigenvalue weighted by atomic mass is 19.4. The van der Waals surface area contributed by atoms with Crippen LogP contribution >= 0.6 is 0 Å². The number of H-pyrrole nitrogens is 1. The number of morpholine rings is 1. The minimum Gasteiger partial charge on any atom is -0.508 e. The molecule has 1 saturated heterocycles. The predicted octanol–water partition coefficient (Wildman–Crippen LogP) is 0.0734. The van der Waals surface area contributed by atoms with Gasteiger partial charge in [-0.25, -0.2) is 0 Å². The van der Waals surface area contributed by atoms with Crippen LogP contribution in [0.25, 0.3) is 0 Å². The molecule has 0 spiro atoms. The Balaban J connectivity index is 2.05. The monoisotopic (exact) mass is 335 g/mol. The Hall–Kier alpha value is -2.07. The number of hydrogen-bond acceptors (Lipinski definition) is 5. The third-order valence-electron chi connectivity index (χ3n) is 3.39. The van der Waals surface area contributed by atoms with E-state index in [-0.39, 0.29) is 32.0 Å². The maximum Gasteiger partial charge on any atom is 0.405 e. The normalized spacial score (nSPS) is 17.7. The van der Waals surface area contributed by atoms with Gasteiger partial charge >= 0.3 is 6.18 Å². The molecule has 1 unspecified atom stereocenters. The van der Waals surface area contributed by atoms with Crippen LogP contribution in [0.1, 0.15) is 10.5 Å². The van der Waals surface area contributed by atoms with E-state index in [4.69, 9.17) is 4.74 Å². The second-order valence-corrected chi connectivity index (χ2v) is 5.03. The van der Waals surface area contributed by atoms with Gasteiger partial charge < -0.3 is 20.1 Å². The molecule has 1 aromatic heterocycles. The van der Waals surface area contributed by atoms with Gasteiger partial charge in [-0.1, -0.05) is 0 Å². The van der Waals surface area contributed by atoms with Crippen LogP contribution in [-0.4, -0.2) is 66.0 Å². The molecular formula is C13H16F3N3O4. The molecule has 0 aliphatic carbocycles. The number of aromatic hydroxyl groups is 1. The largest absolute Gasteiger partial charge is 0.508 e. The molecule has 1 aromatic rings. The number of alkyl halides is 3. The number of halogens is 3. The van der Waals surface area contributed by atoms with Gasteiger partial charge in [0, 0.05) is 31.8 Å². The van der Waals surface area contributed by atoms with E-state index in [0.29, 0.717) is 0 Å². The standard InChI is InChI=1S/C13H16F3N3O4/c14-13(15,16)10(19-1-3-23-4-2-19)7-17-12(22)9-5-8(20)6-11(21)18-9/h5-6,10H,1-4,7H2,(H,17,22)(H2,18,20,21). The van der Waals surface area contributed by atoms with Gasteiger partial charge in [0.15, 0.2) is 0 Å². The quantitative estimate of drug-likeness (QED) is 0.724. The van der Waals surface area contributed by atoms with Crippen LogP contribution in [0.5, 0.6) is 5.75 Å². The Bertz CT molecular complexity index is 611. The number of aromatic nitrogens is 1. The fourth-order valence-corrected chi connectivity index (χ4v) is 2.28. The van der Waals surface area contributed by atoms with E-state index in [1.807, 2.05) is 0 Å². The number of pyridine rings is 1. The molecule has 0 radical (unpaired) electrons. The zero-order chi connectivity index (χ0) is 17.0. The van der Waals surface area contributed by atoms with Crippen LogP contribution in [0.2, 0.25) is 0 Å². The van der Waals surface area contributed by atoms with Gasteiger partial charge in [-0.3, -0.25) is 14.5 Å². The van der Waals surface area contributed by atoms with Crippen LogP contribution in [0.4, 0.5) is 13.2 Å². The van der Waals surface area contributed by atoms with E-state index >= 15 is 0 Å². The Morgan fingerprint density at radius 2 is 2.04 bits per heavy atom. The van der Waals surface area contributed by atoms with Crippen LogP contribution in [0.15, 0.2) is 16.9 Å². The van der Waals surface area contributed by atoms with Gasteiger partial charge in [-0.15, -0.1) is 0 Å². The molecule has 0 bridgehead atoms. The van der Waals surface area contributed by atoms with E-state index in [1.165, 1.54) is 4.90 Å². The Morgan fingerprint density at radius 3 is 2.61 bits per heavy atom. The summed E-state index contributed by atoms with van der Waals surface area (Å²) in [5, 5.41) is 11.4. The predicted molar refractivity (Wildman–Crippen MR) is 73.3 cm³/mol. The highest BCUT2D eigenvalue weighted by Gasteiger charge is 2.44. The van der Waals surface area contributed by atoms with Crippen molar-refractivity contribution in [3.63, 3.8) is 0 Å². The Morgan fingerprint density at radius 1 is 1.39 bits per heavy atom. The Kier molecular flexibility index (Phi) is 5.26. The molecule has 1 aliphatic rings. The minimum atomic E-state index is -4.52. The lowest BCUT2D eigenvalue weighted by atomic mass is 10.2. The van der Waals surface area contributed by atoms with Crippen molar-refractivity contribution in [2.24, 2.45) is 0 Å². The second-order valence-electron chi connectivity index (χ2n) is 5.03. The van der Waals surface area contributed by atoms with E-state index in [9.17, 15) is 27.9 Å². The van der Waals surface area contributed by atoms with E-state index < -0.39 is 36.0 Å². The number of carbonyl (C=O) groups is 1. The first-order valence-electron chi connectivity index (χ1n) is 6.87. The summed E-state index contributed by atoms with van der Waals surface area (Å²) in [7, 11) is 0. The highest BCUT2D eigenvalue weighted by molar-refractivity contribution is 5.92. The summed E-state index contributed by atoms with van der Waals surface area (Å²) in [5.41, 5.74) is -1.03. The number of amides is 1. The fraction of sp³-hybridized carbons (Fsp3) is 0.538. The van der Waals surface area contributed by atoms with Crippen molar-refractivity contribution in [3.8, 4) is 5.75 Å². The van der Waals surface area contributed by atoms with Gasteiger partial charge in [-0.2, -0.15) is 13.2 Å². The van der Waals surface area contributed by atoms with Gasteiger partial charge in [-0.05, 0) is 0 Å². The molecular weight excluding hydrogens is 319 g/mol. The maximum atomic E-state index is 13.2. The Labute approximate surface area is 129 Å². The molecule has 2 heterocycles. The third kappa shape index (κ3) is 4.70. The molecule has 10 heteroatoms. The first-order valence-corrected chi connectivity index (χ1v) is 6.87. The van der Waals surface area contributed by atoms with Crippen molar-refractivity contribution >= 4 is 5.91 Å². The van der Waals surface area contributed by atoms with Crippen molar-refractivity contribution in [1.82, 2.24) is 15.2 Å². The molecule has 1 aliphatic heterocycles. The molecule has 1 atom stereocenters.